The average Bonchev–Trinajstić information content (AvgIpc) is 2.67. The third-order valence-corrected chi connectivity index (χ3v) is 5.18. The van der Waals surface area contributed by atoms with E-state index in [1.807, 2.05) is 0 Å². The summed E-state index contributed by atoms with van der Waals surface area (Å²) in [6, 6.07) is 17.1. The van der Waals surface area contributed by atoms with E-state index in [0.717, 1.165) is 24.6 Å². The Balaban J connectivity index is 1.91. The lowest BCUT2D eigenvalue weighted by Gasteiger charge is -2.21. The zero-order chi connectivity index (χ0) is 20.5. The number of hydrogen-bond donors (Lipinski definition) is 0. The molecule has 2 atom stereocenters. The van der Waals surface area contributed by atoms with Crippen molar-refractivity contribution in [2.24, 2.45) is 0 Å². The molecule has 0 aromatic heterocycles. The van der Waals surface area contributed by atoms with Crippen molar-refractivity contribution in [2.45, 2.75) is 25.7 Å². The predicted octanol–water partition coefficient (Wildman–Crippen LogP) is 4.47. The molecule has 2 rings (SSSR count). The molecule has 4 heteroatoms. The van der Waals surface area contributed by atoms with Gasteiger partial charge in [0.1, 0.15) is 24.7 Å². The van der Waals surface area contributed by atoms with Crippen LogP contribution in [0.15, 0.2) is 48.5 Å². The van der Waals surface area contributed by atoms with E-state index < -0.39 is 0 Å². The Morgan fingerprint density at radius 3 is 1.21 bits per heavy atom. The first kappa shape index (κ1) is 22.3. The standard InChI is InChI=1S/C24H36N2O2/c1-19(21-7-11-23(12-8-21)27-17-15-25(3)4)20(2)22-9-13-24(14-10-22)28-18-16-26(5)6/h7-14,19-20H,15-18H2,1-6H3/t19-,20+. The molecule has 2 aromatic rings. The molecular weight excluding hydrogens is 348 g/mol. The van der Waals surface area contributed by atoms with Crippen molar-refractivity contribution in [3.8, 4) is 11.5 Å². The van der Waals surface area contributed by atoms with E-state index in [0.29, 0.717) is 25.0 Å². The molecule has 0 saturated carbocycles. The van der Waals surface area contributed by atoms with Crippen LogP contribution in [-0.2, 0) is 0 Å². The van der Waals surface area contributed by atoms with Crippen molar-refractivity contribution in [3.63, 3.8) is 0 Å². The van der Waals surface area contributed by atoms with E-state index in [1.54, 1.807) is 0 Å². The normalized spacial score (nSPS) is 13.6. The van der Waals surface area contributed by atoms with Gasteiger partial charge in [0.2, 0.25) is 0 Å². The molecule has 0 unspecified atom stereocenters. The summed E-state index contributed by atoms with van der Waals surface area (Å²) in [6.07, 6.45) is 0. The van der Waals surface area contributed by atoms with Crippen LogP contribution in [0.1, 0.15) is 36.8 Å². The Morgan fingerprint density at radius 2 is 0.929 bits per heavy atom. The van der Waals surface area contributed by atoms with Crippen molar-refractivity contribution in [2.75, 3.05) is 54.5 Å². The highest BCUT2D eigenvalue weighted by Gasteiger charge is 2.16. The SMILES string of the molecule is C[C@H](c1ccc(OCCN(C)C)cc1)[C@@H](C)c1ccc(OCCN(C)C)cc1. The van der Waals surface area contributed by atoms with Gasteiger partial charge in [0, 0.05) is 13.1 Å². The lowest BCUT2D eigenvalue weighted by molar-refractivity contribution is 0.261. The maximum Gasteiger partial charge on any atom is 0.119 e. The highest BCUT2D eigenvalue weighted by molar-refractivity contribution is 5.34. The zero-order valence-corrected chi connectivity index (χ0v) is 18.3. The molecule has 4 nitrogen and oxygen atoms in total. The van der Waals surface area contributed by atoms with E-state index in [4.69, 9.17) is 9.47 Å². The summed E-state index contributed by atoms with van der Waals surface area (Å²) >= 11 is 0. The van der Waals surface area contributed by atoms with Crippen molar-refractivity contribution in [1.29, 1.82) is 0 Å². The molecule has 0 fully saturated rings. The molecule has 0 aliphatic carbocycles. The number of nitrogens with zero attached hydrogens (tertiary/aromatic N) is 2. The Kier molecular flexibility index (Phi) is 8.81. The van der Waals surface area contributed by atoms with Gasteiger partial charge in [-0.1, -0.05) is 38.1 Å². The topological polar surface area (TPSA) is 24.9 Å². The number of benzene rings is 2. The lowest BCUT2D eigenvalue weighted by Crippen LogP contribution is -2.19. The third-order valence-electron chi connectivity index (χ3n) is 5.18. The highest BCUT2D eigenvalue weighted by atomic mass is 16.5. The molecule has 0 aliphatic rings. The molecule has 0 spiro atoms. The molecule has 0 aliphatic heterocycles. The summed E-state index contributed by atoms with van der Waals surface area (Å²) in [6.45, 7) is 7.83. The van der Waals surface area contributed by atoms with Gasteiger partial charge in [-0.15, -0.1) is 0 Å². The van der Waals surface area contributed by atoms with Gasteiger partial charge < -0.3 is 19.3 Å². The van der Waals surface area contributed by atoms with Gasteiger partial charge in [-0.25, -0.2) is 0 Å². The number of rotatable bonds is 11. The van der Waals surface area contributed by atoms with Crippen LogP contribution in [0.2, 0.25) is 0 Å². The summed E-state index contributed by atoms with van der Waals surface area (Å²) in [5, 5.41) is 0. The van der Waals surface area contributed by atoms with Crippen LogP contribution in [0.3, 0.4) is 0 Å². The fourth-order valence-electron chi connectivity index (χ4n) is 3.00. The van der Waals surface area contributed by atoms with Gasteiger partial charge in [-0.3, -0.25) is 0 Å². The molecule has 0 amide bonds. The van der Waals surface area contributed by atoms with Crippen LogP contribution in [0, 0.1) is 0 Å². The first-order valence-electron chi connectivity index (χ1n) is 10.1. The molecule has 0 heterocycles. The molecule has 0 bridgehead atoms. The van der Waals surface area contributed by atoms with Gasteiger partial charge in [-0.2, -0.15) is 0 Å². The lowest BCUT2D eigenvalue weighted by atomic mass is 9.84. The smallest absolute Gasteiger partial charge is 0.119 e. The van der Waals surface area contributed by atoms with E-state index in [-0.39, 0.29) is 0 Å². The van der Waals surface area contributed by atoms with E-state index in [9.17, 15) is 0 Å². The van der Waals surface area contributed by atoms with Crippen LogP contribution < -0.4 is 9.47 Å². The highest BCUT2D eigenvalue weighted by Crippen LogP contribution is 2.33. The second-order valence-electron chi connectivity index (χ2n) is 8.02. The summed E-state index contributed by atoms with van der Waals surface area (Å²) < 4.78 is 11.6. The minimum Gasteiger partial charge on any atom is -0.492 e. The predicted molar refractivity (Wildman–Crippen MR) is 118 cm³/mol. The van der Waals surface area contributed by atoms with E-state index in [2.05, 4.69) is 100 Å². The summed E-state index contributed by atoms with van der Waals surface area (Å²) in [4.78, 5) is 4.24. The Labute approximate surface area is 171 Å². The van der Waals surface area contributed by atoms with Crippen LogP contribution >= 0.6 is 0 Å². The van der Waals surface area contributed by atoms with Crippen LogP contribution in [0.25, 0.3) is 0 Å². The third kappa shape index (κ3) is 7.17. The zero-order valence-electron chi connectivity index (χ0n) is 18.3. The minimum absolute atomic E-state index is 0.427. The second kappa shape index (κ2) is 11.1. The van der Waals surface area contributed by atoms with Crippen molar-refractivity contribution < 1.29 is 9.47 Å². The fraction of sp³-hybridized carbons (Fsp3) is 0.500. The number of hydrogen-bond acceptors (Lipinski definition) is 4. The van der Waals surface area contributed by atoms with Crippen molar-refractivity contribution >= 4 is 0 Å². The van der Waals surface area contributed by atoms with Gasteiger partial charge in [-0.05, 0) is 75.4 Å². The Hall–Kier alpha value is -2.04. The van der Waals surface area contributed by atoms with Gasteiger partial charge in [0.25, 0.3) is 0 Å². The summed E-state index contributed by atoms with van der Waals surface area (Å²) in [5.41, 5.74) is 2.66. The molecule has 2 aromatic carbocycles. The van der Waals surface area contributed by atoms with E-state index in [1.165, 1.54) is 11.1 Å². The molecule has 154 valence electrons. The fourth-order valence-corrected chi connectivity index (χ4v) is 3.00. The molecule has 28 heavy (non-hydrogen) atoms. The van der Waals surface area contributed by atoms with Crippen molar-refractivity contribution in [3.05, 3.63) is 59.7 Å². The summed E-state index contributed by atoms with van der Waals surface area (Å²) in [7, 11) is 8.21. The molecule has 0 radical (unpaired) electrons. The van der Waals surface area contributed by atoms with E-state index >= 15 is 0 Å². The van der Waals surface area contributed by atoms with Gasteiger partial charge >= 0.3 is 0 Å². The van der Waals surface area contributed by atoms with Crippen LogP contribution in [0.5, 0.6) is 11.5 Å². The maximum absolute atomic E-state index is 5.80. The average molecular weight is 385 g/mol. The number of likely N-dealkylation sites (N-methyl/N-ethyl adjacent to an activating group) is 2. The Bertz CT molecular complexity index is 619. The largest absolute Gasteiger partial charge is 0.492 e. The van der Waals surface area contributed by atoms with Crippen molar-refractivity contribution in [1.82, 2.24) is 9.80 Å². The number of ether oxygens (including phenoxy) is 2. The monoisotopic (exact) mass is 384 g/mol. The molecule has 0 saturated heterocycles. The van der Waals surface area contributed by atoms with Crippen LogP contribution in [0.4, 0.5) is 0 Å². The minimum atomic E-state index is 0.427. The van der Waals surface area contributed by atoms with Gasteiger partial charge in [0.05, 0.1) is 0 Å². The quantitative estimate of drug-likeness (QED) is 0.570. The van der Waals surface area contributed by atoms with Gasteiger partial charge in [0.15, 0.2) is 0 Å². The van der Waals surface area contributed by atoms with Crippen LogP contribution in [-0.4, -0.2) is 64.3 Å². The maximum atomic E-state index is 5.80. The first-order valence-corrected chi connectivity index (χ1v) is 10.1. The molecule has 0 N–H and O–H groups in total. The second-order valence-corrected chi connectivity index (χ2v) is 8.02. The molecular formula is C24H36N2O2. The first-order chi connectivity index (χ1) is 13.4. The summed E-state index contributed by atoms with van der Waals surface area (Å²) in [5.74, 6) is 2.72. The Morgan fingerprint density at radius 1 is 0.607 bits per heavy atom.